The van der Waals surface area contributed by atoms with Crippen LogP contribution >= 0.6 is 12.4 Å². The topological polar surface area (TPSA) is 50.4 Å². The van der Waals surface area contributed by atoms with E-state index in [1.165, 1.54) is 6.07 Å². The number of halogens is 4. The van der Waals surface area contributed by atoms with Crippen molar-refractivity contribution >= 4 is 24.0 Å². The molecule has 2 rings (SSSR count). The molecule has 0 aliphatic heterocycles. The number of hydrogen-bond donors (Lipinski definition) is 2. The lowest BCUT2D eigenvalue weighted by molar-refractivity contribution is -0.137. The van der Waals surface area contributed by atoms with Crippen LogP contribution in [0.25, 0.3) is 0 Å². The van der Waals surface area contributed by atoms with Crippen LogP contribution in [-0.4, -0.2) is 25.6 Å². The van der Waals surface area contributed by atoms with Gasteiger partial charge in [-0.1, -0.05) is 6.92 Å². The summed E-state index contributed by atoms with van der Waals surface area (Å²) in [5.74, 6) is 0.488. The van der Waals surface area contributed by atoms with E-state index >= 15 is 0 Å². The van der Waals surface area contributed by atoms with Gasteiger partial charge in [0.05, 0.1) is 24.4 Å². The second kappa shape index (κ2) is 9.13. The van der Waals surface area contributed by atoms with Crippen LogP contribution in [0.2, 0.25) is 0 Å². The smallest absolute Gasteiger partial charge is 0.416 e. The molecule has 0 bridgehead atoms. The minimum Gasteiger partial charge on any atom is -0.491 e. The molecule has 8 heteroatoms. The Morgan fingerprint density at radius 2 is 2.04 bits per heavy atom. The molecule has 1 aliphatic carbocycles. The van der Waals surface area contributed by atoms with E-state index in [4.69, 9.17) is 4.74 Å². The van der Waals surface area contributed by atoms with E-state index in [0.717, 1.165) is 37.9 Å². The van der Waals surface area contributed by atoms with Crippen molar-refractivity contribution in [3.8, 4) is 5.75 Å². The summed E-state index contributed by atoms with van der Waals surface area (Å²) in [6.45, 7) is 3.09. The van der Waals surface area contributed by atoms with Crippen LogP contribution in [0.15, 0.2) is 18.2 Å². The first-order chi connectivity index (χ1) is 10.9. The normalized spacial score (nSPS) is 14.0. The fourth-order valence-corrected chi connectivity index (χ4v) is 2.05. The first-order valence-electron chi connectivity index (χ1n) is 7.74. The lowest BCUT2D eigenvalue weighted by Crippen LogP contribution is -2.29. The molecule has 0 heterocycles. The van der Waals surface area contributed by atoms with E-state index in [2.05, 4.69) is 10.6 Å². The van der Waals surface area contributed by atoms with Gasteiger partial charge in [0.1, 0.15) is 5.75 Å². The van der Waals surface area contributed by atoms with Crippen LogP contribution in [0.1, 0.15) is 31.7 Å². The van der Waals surface area contributed by atoms with Gasteiger partial charge in [-0.3, -0.25) is 4.79 Å². The molecule has 1 aromatic carbocycles. The van der Waals surface area contributed by atoms with E-state index < -0.39 is 11.7 Å². The molecule has 1 aromatic rings. The Labute approximate surface area is 145 Å². The maximum atomic E-state index is 12.8. The van der Waals surface area contributed by atoms with E-state index in [9.17, 15) is 18.0 Å². The third-order valence-electron chi connectivity index (χ3n) is 3.46. The van der Waals surface area contributed by atoms with Crippen molar-refractivity contribution in [2.75, 3.05) is 25.0 Å². The highest BCUT2D eigenvalue weighted by molar-refractivity contribution is 5.93. The van der Waals surface area contributed by atoms with Crippen LogP contribution in [0, 0.1) is 5.92 Å². The molecule has 0 radical (unpaired) electrons. The fraction of sp³-hybridized carbons (Fsp3) is 0.562. The molecule has 0 saturated heterocycles. The highest BCUT2D eigenvalue weighted by Crippen LogP contribution is 2.35. The SMILES string of the molecule is CCCOc1ccc(C(F)(F)F)cc1NC(=O)CNCC1CC1.Cl. The number of benzene rings is 1. The summed E-state index contributed by atoms with van der Waals surface area (Å²) in [5.41, 5.74) is -0.769. The Hall–Kier alpha value is -1.47. The first-order valence-corrected chi connectivity index (χ1v) is 7.74. The van der Waals surface area contributed by atoms with Crippen LogP contribution in [0.5, 0.6) is 5.75 Å². The number of amides is 1. The van der Waals surface area contributed by atoms with E-state index in [-0.39, 0.29) is 36.3 Å². The van der Waals surface area contributed by atoms with Crippen molar-refractivity contribution in [3.63, 3.8) is 0 Å². The van der Waals surface area contributed by atoms with Gasteiger partial charge < -0.3 is 15.4 Å². The van der Waals surface area contributed by atoms with Crippen molar-refractivity contribution in [1.82, 2.24) is 5.32 Å². The number of hydrogen-bond acceptors (Lipinski definition) is 3. The predicted octanol–water partition coefficient (Wildman–Crippen LogP) is 3.85. The molecule has 1 aliphatic rings. The lowest BCUT2D eigenvalue weighted by Gasteiger charge is -2.15. The largest absolute Gasteiger partial charge is 0.491 e. The Balaban J connectivity index is 0.00000288. The van der Waals surface area contributed by atoms with Crippen LogP contribution in [0.3, 0.4) is 0 Å². The van der Waals surface area contributed by atoms with Crippen LogP contribution in [0.4, 0.5) is 18.9 Å². The molecule has 1 saturated carbocycles. The summed E-state index contributed by atoms with van der Waals surface area (Å²) < 4.78 is 43.9. The van der Waals surface area contributed by atoms with E-state index in [0.29, 0.717) is 12.5 Å². The Morgan fingerprint density at radius 1 is 1.33 bits per heavy atom. The highest BCUT2D eigenvalue weighted by Gasteiger charge is 2.31. The van der Waals surface area contributed by atoms with Crippen molar-refractivity contribution in [1.29, 1.82) is 0 Å². The molecular formula is C16H22ClF3N2O2. The zero-order valence-electron chi connectivity index (χ0n) is 13.4. The van der Waals surface area contributed by atoms with Crippen LogP contribution in [-0.2, 0) is 11.0 Å². The van der Waals surface area contributed by atoms with Gasteiger partial charge in [-0.25, -0.2) is 0 Å². The molecule has 4 nitrogen and oxygen atoms in total. The number of carbonyl (C=O) groups excluding carboxylic acids is 1. The second-order valence-electron chi connectivity index (χ2n) is 5.68. The lowest BCUT2D eigenvalue weighted by atomic mass is 10.1. The zero-order valence-corrected chi connectivity index (χ0v) is 14.2. The van der Waals surface area contributed by atoms with Gasteiger partial charge in [0.15, 0.2) is 0 Å². The summed E-state index contributed by atoms with van der Waals surface area (Å²) in [6, 6.07) is 3.10. The highest BCUT2D eigenvalue weighted by atomic mass is 35.5. The molecule has 2 N–H and O–H groups in total. The van der Waals surface area contributed by atoms with Crippen LogP contribution < -0.4 is 15.4 Å². The van der Waals surface area contributed by atoms with Crippen molar-refractivity contribution in [2.45, 2.75) is 32.4 Å². The summed E-state index contributed by atoms with van der Waals surface area (Å²) in [4.78, 5) is 11.9. The first kappa shape index (κ1) is 20.6. The van der Waals surface area contributed by atoms with Gasteiger partial charge in [-0.15, -0.1) is 12.4 Å². The number of anilines is 1. The van der Waals surface area contributed by atoms with Gasteiger partial charge in [-0.05, 0) is 49.9 Å². The monoisotopic (exact) mass is 366 g/mol. The van der Waals surface area contributed by atoms with Gasteiger partial charge in [0.25, 0.3) is 0 Å². The van der Waals surface area contributed by atoms with Crippen molar-refractivity contribution in [3.05, 3.63) is 23.8 Å². The molecule has 136 valence electrons. The summed E-state index contributed by atoms with van der Waals surface area (Å²) in [5, 5.41) is 5.50. The number of alkyl halides is 3. The number of ether oxygens (including phenoxy) is 1. The summed E-state index contributed by atoms with van der Waals surface area (Å²) >= 11 is 0. The summed E-state index contributed by atoms with van der Waals surface area (Å²) in [6.07, 6.45) is -1.42. The average Bonchev–Trinajstić information content (AvgIpc) is 3.29. The van der Waals surface area contributed by atoms with Gasteiger partial charge >= 0.3 is 6.18 Å². The fourth-order valence-electron chi connectivity index (χ4n) is 2.05. The maximum Gasteiger partial charge on any atom is 0.416 e. The number of nitrogens with one attached hydrogen (secondary N) is 2. The third kappa shape index (κ3) is 6.57. The zero-order chi connectivity index (χ0) is 16.9. The molecular weight excluding hydrogens is 345 g/mol. The molecule has 1 amide bonds. The van der Waals surface area contributed by atoms with Gasteiger partial charge in [0.2, 0.25) is 5.91 Å². The Kier molecular flexibility index (Phi) is 7.83. The minimum absolute atomic E-state index is 0. The standard InChI is InChI=1S/C16H21F3N2O2.ClH/c1-2-7-23-14-6-5-12(16(17,18)19)8-13(14)21-15(22)10-20-9-11-3-4-11;/h5-6,8,11,20H,2-4,7,9-10H2,1H3,(H,21,22);1H. The Morgan fingerprint density at radius 3 is 2.62 bits per heavy atom. The summed E-state index contributed by atoms with van der Waals surface area (Å²) in [7, 11) is 0. The maximum absolute atomic E-state index is 12.8. The number of carbonyl (C=O) groups is 1. The molecule has 0 spiro atoms. The number of rotatable bonds is 8. The Bertz CT molecular complexity index is 549. The molecule has 0 aromatic heterocycles. The van der Waals surface area contributed by atoms with Gasteiger partial charge in [-0.2, -0.15) is 13.2 Å². The molecule has 0 atom stereocenters. The van der Waals surface area contributed by atoms with Gasteiger partial charge in [0, 0.05) is 0 Å². The molecule has 1 fully saturated rings. The van der Waals surface area contributed by atoms with Crippen molar-refractivity contribution in [2.24, 2.45) is 5.92 Å². The molecule has 24 heavy (non-hydrogen) atoms. The third-order valence-corrected chi connectivity index (χ3v) is 3.46. The second-order valence-corrected chi connectivity index (χ2v) is 5.68. The van der Waals surface area contributed by atoms with Crippen molar-refractivity contribution < 1.29 is 22.7 Å². The predicted molar refractivity (Wildman–Crippen MR) is 88.7 cm³/mol. The van der Waals surface area contributed by atoms with E-state index in [1.54, 1.807) is 0 Å². The van der Waals surface area contributed by atoms with E-state index in [1.807, 2.05) is 6.92 Å². The molecule has 0 unspecified atom stereocenters. The minimum atomic E-state index is -4.47. The average molecular weight is 367 g/mol. The quantitative estimate of drug-likeness (QED) is 0.734.